The Labute approximate surface area is 61.6 Å². The lowest BCUT2D eigenvalue weighted by Crippen LogP contribution is -2.31. The van der Waals surface area contributed by atoms with Gasteiger partial charge in [0.05, 0.1) is 6.10 Å². The highest BCUT2D eigenvalue weighted by molar-refractivity contribution is 4.72. The first-order valence-electron chi connectivity index (χ1n) is 3.91. The molecule has 1 rings (SSSR count). The Hall–Kier alpha value is -0.110. The lowest BCUT2D eigenvalue weighted by Gasteiger charge is -2.30. The van der Waals surface area contributed by atoms with Crippen LogP contribution in [-0.4, -0.2) is 19.4 Å². The van der Waals surface area contributed by atoms with Gasteiger partial charge in [0.25, 0.3) is 0 Å². The second-order valence-electron chi connectivity index (χ2n) is 3.30. The van der Waals surface area contributed by atoms with E-state index < -0.39 is 0 Å². The van der Waals surface area contributed by atoms with Crippen LogP contribution in [0.4, 0.5) is 4.39 Å². The van der Waals surface area contributed by atoms with Crippen molar-refractivity contribution in [3.8, 4) is 0 Å². The SMILES string of the molecule is C[C@@H]1COC(CF)C[C@@H]1C. The van der Waals surface area contributed by atoms with E-state index in [2.05, 4.69) is 13.8 Å². The van der Waals surface area contributed by atoms with Gasteiger partial charge in [-0.15, -0.1) is 0 Å². The van der Waals surface area contributed by atoms with E-state index in [9.17, 15) is 4.39 Å². The number of rotatable bonds is 1. The van der Waals surface area contributed by atoms with E-state index >= 15 is 0 Å². The second kappa shape index (κ2) is 3.33. The van der Waals surface area contributed by atoms with Crippen molar-refractivity contribution in [2.24, 2.45) is 11.8 Å². The summed E-state index contributed by atoms with van der Waals surface area (Å²) < 4.78 is 17.3. The van der Waals surface area contributed by atoms with Crippen molar-refractivity contribution in [3.05, 3.63) is 0 Å². The minimum Gasteiger partial charge on any atom is -0.375 e. The largest absolute Gasteiger partial charge is 0.375 e. The molecule has 0 aliphatic carbocycles. The van der Waals surface area contributed by atoms with Gasteiger partial charge < -0.3 is 4.74 Å². The van der Waals surface area contributed by atoms with E-state index in [1.54, 1.807) is 0 Å². The summed E-state index contributed by atoms with van der Waals surface area (Å²) >= 11 is 0. The molecule has 1 aliphatic heterocycles. The summed E-state index contributed by atoms with van der Waals surface area (Å²) in [5.74, 6) is 1.22. The molecule has 0 saturated carbocycles. The van der Waals surface area contributed by atoms with Crippen molar-refractivity contribution in [2.75, 3.05) is 13.3 Å². The zero-order valence-electron chi connectivity index (χ0n) is 6.64. The average molecular weight is 146 g/mol. The molecule has 0 bridgehead atoms. The highest BCUT2D eigenvalue weighted by Gasteiger charge is 2.24. The predicted octanol–water partition coefficient (Wildman–Crippen LogP) is 2.02. The van der Waals surface area contributed by atoms with Crippen molar-refractivity contribution in [3.63, 3.8) is 0 Å². The van der Waals surface area contributed by atoms with Crippen LogP contribution in [0.25, 0.3) is 0 Å². The summed E-state index contributed by atoms with van der Waals surface area (Å²) in [6.45, 7) is 4.72. The first-order chi connectivity index (χ1) is 4.74. The van der Waals surface area contributed by atoms with E-state index in [0.717, 1.165) is 13.0 Å². The van der Waals surface area contributed by atoms with E-state index in [1.807, 2.05) is 0 Å². The van der Waals surface area contributed by atoms with Gasteiger partial charge in [-0.2, -0.15) is 0 Å². The minimum atomic E-state index is -0.322. The molecule has 10 heavy (non-hydrogen) atoms. The van der Waals surface area contributed by atoms with Gasteiger partial charge in [-0.3, -0.25) is 0 Å². The highest BCUT2D eigenvalue weighted by Crippen LogP contribution is 2.24. The summed E-state index contributed by atoms with van der Waals surface area (Å²) in [6.07, 6.45) is 0.767. The van der Waals surface area contributed by atoms with Crippen LogP contribution >= 0.6 is 0 Å². The van der Waals surface area contributed by atoms with Crippen LogP contribution in [0.1, 0.15) is 20.3 Å². The van der Waals surface area contributed by atoms with Crippen LogP contribution in [0.2, 0.25) is 0 Å². The number of hydrogen-bond acceptors (Lipinski definition) is 1. The number of halogens is 1. The number of ether oxygens (including phenoxy) is 1. The lowest BCUT2D eigenvalue weighted by atomic mass is 9.89. The molecule has 0 amide bonds. The summed E-state index contributed by atoms with van der Waals surface area (Å²) in [6, 6.07) is 0. The van der Waals surface area contributed by atoms with Crippen LogP contribution in [-0.2, 0) is 4.74 Å². The Morgan fingerprint density at radius 1 is 1.40 bits per heavy atom. The van der Waals surface area contributed by atoms with Crippen molar-refractivity contribution in [1.82, 2.24) is 0 Å². The topological polar surface area (TPSA) is 9.23 Å². The van der Waals surface area contributed by atoms with E-state index in [4.69, 9.17) is 4.74 Å². The third-order valence-corrected chi connectivity index (χ3v) is 2.37. The summed E-state index contributed by atoms with van der Waals surface area (Å²) in [7, 11) is 0. The Bertz CT molecular complexity index is 105. The molecule has 1 saturated heterocycles. The molecule has 1 fully saturated rings. The molecular weight excluding hydrogens is 131 g/mol. The van der Waals surface area contributed by atoms with Gasteiger partial charge in [0.2, 0.25) is 0 Å². The molecule has 0 aromatic carbocycles. The zero-order chi connectivity index (χ0) is 7.56. The molecule has 0 aromatic rings. The smallest absolute Gasteiger partial charge is 0.116 e. The molecule has 1 aliphatic rings. The molecule has 1 nitrogen and oxygen atoms in total. The Balaban J connectivity index is 2.33. The number of hydrogen-bond donors (Lipinski definition) is 0. The molecule has 3 atom stereocenters. The van der Waals surface area contributed by atoms with E-state index in [-0.39, 0.29) is 12.8 Å². The highest BCUT2D eigenvalue weighted by atomic mass is 19.1. The van der Waals surface area contributed by atoms with Crippen molar-refractivity contribution in [1.29, 1.82) is 0 Å². The fraction of sp³-hybridized carbons (Fsp3) is 1.00. The molecule has 0 aromatic heterocycles. The van der Waals surface area contributed by atoms with Gasteiger partial charge >= 0.3 is 0 Å². The molecular formula is C8H15FO. The average Bonchev–Trinajstić information content (AvgIpc) is 1.95. The Morgan fingerprint density at radius 2 is 2.10 bits per heavy atom. The molecule has 1 heterocycles. The molecule has 60 valence electrons. The van der Waals surface area contributed by atoms with E-state index in [0.29, 0.717) is 11.8 Å². The quantitative estimate of drug-likeness (QED) is 0.550. The maximum atomic E-state index is 12.1. The maximum Gasteiger partial charge on any atom is 0.116 e. The summed E-state index contributed by atoms with van der Waals surface area (Å²) in [4.78, 5) is 0. The number of alkyl halides is 1. The normalized spacial score (nSPS) is 41.7. The van der Waals surface area contributed by atoms with Gasteiger partial charge in [0, 0.05) is 6.61 Å². The third-order valence-electron chi connectivity index (χ3n) is 2.37. The molecule has 1 unspecified atom stereocenters. The molecule has 0 spiro atoms. The first kappa shape index (κ1) is 7.99. The van der Waals surface area contributed by atoms with Gasteiger partial charge in [-0.25, -0.2) is 4.39 Å². The standard InChI is InChI=1S/C8H15FO/c1-6-3-8(4-9)10-5-7(6)2/h6-8H,3-5H2,1-2H3/t6-,7+,8?/m0/s1. The predicted molar refractivity (Wildman–Crippen MR) is 38.7 cm³/mol. The monoisotopic (exact) mass is 146 g/mol. The van der Waals surface area contributed by atoms with Crippen LogP contribution < -0.4 is 0 Å². The van der Waals surface area contributed by atoms with E-state index in [1.165, 1.54) is 0 Å². The summed E-state index contributed by atoms with van der Waals surface area (Å²) in [5, 5.41) is 0. The van der Waals surface area contributed by atoms with Crippen LogP contribution in [0.5, 0.6) is 0 Å². The minimum absolute atomic E-state index is 0.119. The van der Waals surface area contributed by atoms with Crippen molar-refractivity contribution in [2.45, 2.75) is 26.4 Å². The van der Waals surface area contributed by atoms with Gasteiger partial charge in [-0.1, -0.05) is 13.8 Å². The third kappa shape index (κ3) is 1.69. The second-order valence-corrected chi connectivity index (χ2v) is 3.30. The van der Waals surface area contributed by atoms with Crippen LogP contribution in [0, 0.1) is 11.8 Å². The fourth-order valence-corrected chi connectivity index (χ4v) is 1.27. The molecule has 0 radical (unpaired) electrons. The first-order valence-corrected chi connectivity index (χ1v) is 3.91. The lowest BCUT2D eigenvalue weighted by molar-refractivity contribution is -0.0465. The Kier molecular flexibility index (Phi) is 2.66. The zero-order valence-corrected chi connectivity index (χ0v) is 6.64. The molecule has 0 N–H and O–H groups in total. The van der Waals surface area contributed by atoms with Crippen molar-refractivity contribution < 1.29 is 9.13 Å². The van der Waals surface area contributed by atoms with Crippen LogP contribution in [0.3, 0.4) is 0 Å². The summed E-state index contributed by atoms with van der Waals surface area (Å²) in [5.41, 5.74) is 0. The maximum absolute atomic E-state index is 12.1. The van der Waals surface area contributed by atoms with Gasteiger partial charge in [0.1, 0.15) is 6.67 Å². The Morgan fingerprint density at radius 3 is 2.60 bits per heavy atom. The van der Waals surface area contributed by atoms with Gasteiger partial charge in [0.15, 0.2) is 0 Å². The van der Waals surface area contributed by atoms with Gasteiger partial charge in [-0.05, 0) is 18.3 Å². The fourth-order valence-electron chi connectivity index (χ4n) is 1.27. The van der Waals surface area contributed by atoms with Crippen LogP contribution in [0.15, 0.2) is 0 Å². The van der Waals surface area contributed by atoms with Crippen molar-refractivity contribution >= 4 is 0 Å². The molecule has 2 heteroatoms.